The first-order chi connectivity index (χ1) is 8.62. The van der Waals surface area contributed by atoms with Gasteiger partial charge in [0.25, 0.3) is 0 Å². The molecule has 3 heterocycles. The lowest BCUT2D eigenvalue weighted by molar-refractivity contribution is 0.0827. The molecule has 5 nitrogen and oxygen atoms in total. The van der Waals surface area contributed by atoms with E-state index in [2.05, 4.69) is 14.9 Å². The zero-order chi connectivity index (χ0) is 12.6. The third kappa shape index (κ3) is 3.23. The summed E-state index contributed by atoms with van der Waals surface area (Å²) in [5, 5.41) is 3.25. The maximum atomic E-state index is 12.0. The van der Waals surface area contributed by atoms with Gasteiger partial charge in [0.1, 0.15) is 0 Å². The van der Waals surface area contributed by atoms with Gasteiger partial charge in [-0.15, -0.1) is 0 Å². The van der Waals surface area contributed by atoms with E-state index >= 15 is 0 Å². The molecule has 1 aliphatic carbocycles. The van der Waals surface area contributed by atoms with Crippen molar-refractivity contribution in [1.29, 1.82) is 0 Å². The molecule has 18 heavy (non-hydrogen) atoms. The molecular formula is C12H23N3O2S. The van der Waals surface area contributed by atoms with Crippen LogP contribution in [-0.4, -0.2) is 57.3 Å². The predicted octanol–water partition coefficient (Wildman–Crippen LogP) is -0.248. The highest BCUT2D eigenvalue weighted by atomic mass is 32.2. The highest BCUT2D eigenvalue weighted by Crippen LogP contribution is 2.27. The van der Waals surface area contributed by atoms with Gasteiger partial charge in [0.15, 0.2) is 0 Å². The molecule has 2 N–H and O–H groups in total. The molecule has 4 rings (SSSR count). The summed E-state index contributed by atoms with van der Waals surface area (Å²) < 4.78 is 26.9. The normalized spacial score (nSPS) is 35.9. The van der Waals surface area contributed by atoms with Gasteiger partial charge in [-0.3, -0.25) is 0 Å². The summed E-state index contributed by atoms with van der Waals surface area (Å²) in [6, 6.07) is 0.732. The molecule has 6 heteroatoms. The van der Waals surface area contributed by atoms with Gasteiger partial charge in [-0.05, 0) is 44.7 Å². The van der Waals surface area contributed by atoms with Gasteiger partial charge < -0.3 is 10.2 Å². The molecular weight excluding hydrogens is 250 g/mol. The fraction of sp³-hybridized carbons (Fsp3) is 1.00. The Balaban J connectivity index is 1.47. The van der Waals surface area contributed by atoms with E-state index in [9.17, 15) is 8.42 Å². The molecule has 3 aliphatic heterocycles. The minimum atomic E-state index is -3.11. The van der Waals surface area contributed by atoms with Crippen molar-refractivity contribution in [3.05, 3.63) is 0 Å². The summed E-state index contributed by atoms with van der Waals surface area (Å²) in [6.07, 6.45) is 4.70. The summed E-state index contributed by atoms with van der Waals surface area (Å²) in [5.74, 6) is 0.772. The van der Waals surface area contributed by atoms with E-state index in [1.807, 2.05) is 0 Å². The summed E-state index contributed by atoms with van der Waals surface area (Å²) >= 11 is 0. The van der Waals surface area contributed by atoms with Crippen LogP contribution in [0.1, 0.15) is 25.7 Å². The molecule has 0 aromatic carbocycles. The Labute approximate surface area is 109 Å². The zero-order valence-electron chi connectivity index (χ0n) is 10.8. The molecule has 3 saturated heterocycles. The minimum absolute atomic E-state index is 0.151. The van der Waals surface area contributed by atoms with Crippen molar-refractivity contribution in [2.24, 2.45) is 5.92 Å². The number of hydrogen-bond acceptors (Lipinski definition) is 4. The topological polar surface area (TPSA) is 61.4 Å². The second-order valence-corrected chi connectivity index (χ2v) is 7.78. The molecule has 0 aromatic heterocycles. The van der Waals surface area contributed by atoms with Gasteiger partial charge in [0.2, 0.25) is 10.0 Å². The maximum Gasteiger partial charge on any atom is 0.213 e. The zero-order valence-corrected chi connectivity index (χ0v) is 11.6. The molecule has 104 valence electrons. The van der Waals surface area contributed by atoms with Crippen LogP contribution >= 0.6 is 0 Å². The van der Waals surface area contributed by atoms with Gasteiger partial charge in [-0.1, -0.05) is 0 Å². The average Bonchev–Trinajstić information content (AvgIpc) is 3.14. The fourth-order valence-corrected chi connectivity index (χ4v) is 4.31. The first-order valence-electron chi connectivity index (χ1n) is 7.08. The van der Waals surface area contributed by atoms with Gasteiger partial charge in [0.05, 0.1) is 5.75 Å². The van der Waals surface area contributed by atoms with E-state index in [1.165, 1.54) is 12.8 Å². The van der Waals surface area contributed by atoms with Crippen molar-refractivity contribution < 1.29 is 8.42 Å². The molecule has 0 spiro atoms. The third-order valence-electron chi connectivity index (χ3n) is 4.37. The van der Waals surface area contributed by atoms with Crippen LogP contribution in [-0.2, 0) is 10.0 Å². The second-order valence-electron chi connectivity index (χ2n) is 5.91. The van der Waals surface area contributed by atoms with Gasteiger partial charge >= 0.3 is 0 Å². The van der Waals surface area contributed by atoms with Gasteiger partial charge in [0, 0.05) is 25.2 Å². The molecule has 4 aliphatic rings. The van der Waals surface area contributed by atoms with E-state index < -0.39 is 10.0 Å². The summed E-state index contributed by atoms with van der Waals surface area (Å²) in [6.45, 7) is 3.78. The van der Waals surface area contributed by atoms with Crippen LogP contribution in [0.25, 0.3) is 0 Å². The number of piperidine rings is 3. The predicted molar refractivity (Wildman–Crippen MR) is 70.9 cm³/mol. The number of fused-ring (bicyclic) bond motifs is 3. The summed E-state index contributed by atoms with van der Waals surface area (Å²) in [4.78, 5) is 2.37. The van der Waals surface area contributed by atoms with E-state index in [0.717, 1.165) is 32.5 Å². The lowest BCUT2D eigenvalue weighted by Crippen LogP contribution is -2.57. The van der Waals surface area contributed by atoms with Crippen molar-refractivity contribution in [3.8, 4) is 0 Å². The minimum Gasteiger partial charge on any atom is -0.313 e. The Morgan fingerprint density at radius 1 is 1.11 bits per heavy atom. The number of rotatable bonds is 6. The SMILES string of the molecule is O=S(=O)(CCNC1CC1)NC1CN2CCC1CC2. The average molecular weight is 273 g/mol. The number of sulfonamides is 1. The first-order valence-corrected chi connectivity index (χ1v) is 8.73. The Kier molecular flexibility index (Phi) is 3.62. The Morgan fingerprint density at radius 3 is 2.39 bits per heavy atom. The molecule has 0 radical (unpaired) electrons. The van der Waals surface area contributed by atoms with Crippen molar-refractivity contribution in [2.45, 2.75) is 37.8 Å². The highest BCUT2D eigenvalue weighted by molar-refractivity contribution is 7.89. The quantitative estimate of drug-likeness (QED) is 0.701. The molecule has 2 bridgehead atoms. The fourth-order valence-electron chi connectivity index (χ4n) is 3.07. The lowest BCUT2D eigenvalue weighted by Gasteiger charge is -2.44. The van der Waals surface area contributed by atoms with Crippen LogP contribution < -0.4 is 10.0 Å². The smallest absolute Gasteiger partial charge is 0.213 e. The van der Waals surface area contributed by atoms with E-state index in [-0.39, 0.29) is 11.8 Å². The Hall–Kier alpha value is -0.170. The Morgan fingerprint density at radius 2 is 1.83 bits per heavy atom. The van der Waals surface area contributed by atoms with Gasteiger partial charge in [-0.25, -0.2) is 13.1 Å². The van der Waals surface area contributed by atoms with Crippen molar-refractivity contribution >= 4 is 10.0 Å². The second kappa shape index (κ2) is 5.07. The molecule has 1 atom stereocenters. The third-order valence-corrected chi connectivity index (χ3v) is 5.77. The van der Waals surface area contributed by atoms with E-state index in [4.69, 9.17) is 0 Å². The largest absolute Gasteiger partial charge is 0.313 e. The molecule has 1 unspecified atom stereocenters. The van der Waals surface area contributed by atoms with Crippen LogP contribution in [0.2, 0.25) is 0 Å². The monoisotopic (exact) mass is 273 g/mol. The van der Waals surface area contributed by atoms with Crippen molar-refractivity contribution in [3.63, 3.8) is 0 Å². The summed E-state index contributed by atoms with van der Waals surface area (Å²) in [5.41, 5.74) is 0. The van der Waals surface area contributed by atoms with Gasteiger partial charge in [-0.2, -0.15) is 0 Å². The maximum absolute atomic E-state index is 12.0. The van der Waals surface area contributed by atoms with Crippen molar-refractivity contribution in [2.75, 3.05) is 31.9 Å². The molecule has 0 aromatic rings. The van der Waals surface area contributed by atoms with Crippen molar-refractivity contribution in [1.82, 2.24) is 14.9 Å². The molecule has 4 fully saturated rings. The van der Waals surface area contributed by atoms with Crippen LogP contribution in [0.4, 0.5) is 0 Å². The number of hydrogen-bond donors (Lipinski definition) is 2. The van der Waals surface area contributed by atoms with Crippen LogP contribution in [0.15, 0.2) is 0 Å². The number of nitrogens with zero attached hydrogens (tertiary/aromatic N) is 1. The molecule has 0 amide bonds. The van der Waals surface area contributed by atoms with Crippen LogP contribution in [0.3, 0.4) is 0 Å². The number of nitrogens with one attached hydrogen (secondary N) is 2. The van der Waals surface area contributed by atoms with E-state index in [0.29, 0.717) is 18.5 Å². The Bertz CT molecular complexity index is 386. The molecule has 1 saturated carbocycles. The van der Waals surface area contributed by atoms with Crippen LogP contribution in [0, 0.1) is 5.92 Å². The van der Waals surface area contributed by atoms with Crippen LogP contribution in [0.5, 0.6) is 0 Å². The lowest BCUT2D eigenvalue weighted by atomic mass is 9.85. The van der Waals surface area contributed by atoms with E-state index in [1.54, 1.807) is 0 Å². The standard InChI is InChI=1S/C12H23N3O2S/c16-18(17,8-5-13-11-1-2-11)14-12-9-15-6-3-10(12)4-7-15/h10-14H,1-9H2. The first kappa shape index (κ1) is 12.8. The highest BCUT2D eigenvalue weighted by Gasteiger charge is 2.36. The summed E-state index contributed by atoms with van der Waals surface area (Å²) in [7, 11) is -3.11.